The Bertz CT molecular complexity index is 1620. The zero-order valence-corrected chi connectivity index (χ0v) is 54.1. The second-order valence-corrected chi connectivity index (χ2v) is 24.1. The maximum Gasteiger partial charge on any atom is 0.361 e. The van der Waals surface area contributed by atoms with Gasteiger partial charge >= 0.3 is 17.9 Å². The summed E-state index contributed by atoms with van der Waals surface area (Å²) in [6.45, 7) is 4.73. The lowest BCUT2D eigenvalue weighted by Gasteiger charge is -2.25. The molecule has 0 radical (unpaired) electrons. The molecule has 0 heterocycles. The van der Waals surface area contributed by atoms with E-state index >= 15 is 0 Å². The summed E-state index contributed by atoms with van der Waals surface area (Å²) in [5, 5.41) is 9.73. The first-order valence-electron chi connectivity index (χ1n) is 34.3. The Morgan fingerprint density at radius 3 is 1.02 bits per heavy atom. The lowest BCUT2D eigenvalue weighted by atomic mass is 10.0. The largest absolute Gasteiger partial charge is 0.477 e. The van der Waals surface area contributed by atoms with Gasteiger partial charge in [-0.1, -0.05) is 311 Å². The monoisotopic (exact) mass is 1150 g/mol. The molecule has 0 aromatic heterocycles. The van der Waals surface area contributed by atoms with E-state index in [1.165, 1.54) is 199 Å². The Kier molecular flexibility index (Phi) is 60.8. The van der Waals surface area contributed by atoms with E-state index in [0.29, 0.717) is 17.4 Å². The second-order valence-electron chi connectivity index (χ2n) is 24.1. The van der Waals surface area contributed by atoms with Gasteiger partial charge in [0.15, 0.2) is 6.10 Å². The van der Waals surface area contributed by atoms with Gasteiger partial charge in [0.1, 0.15) is 13.2 Å². The van der Waals surface area contributed by atoms with Gasteiger partial charge in [0.2, 0.25) is 0 Å². The third-order valence-corrected chi connectivity index (χ3v) is 14.9. The number of hydrogen-bond donors (Lipinski definition) is 1. The van der Waals surface area contributed by atoms with E-state index in [9.17, 15) is 19.5 Å². The molecule has 0 rings (SSSR count). The Balaban J connectivity index is 4.13. The van der Waals surface area contributed by atoms with Gasteiger partial charge in [-0.2, -0.15) is 0 Å². The quantitative estimate of drug-likeness (QED) is 0.0211. The summed E-state index contributed by atoms with van der Waals surface area (Å²) >= 11 is 0. The normalized spacial score (nSPS) is 13.2. The number of carboxylic acids is 1. The third-order valence-electron chi connectivity index (χ3n) is 14.9. The van der Waals surface area contributed by atoms with E-state index < -0.39 is 24.3 Å². The summed E-state index contributed by atoms with van der Waals surface area (Å²) < 4.78 is 22.9. The molecule has 0 amide bonds. The molecule has 0 saturated carbocycles. The van der Waals surface area contributed by atoms with Gasteiger partial charge < -0.3 is 28.5 Å². The molecule has 474 valence electrons. The van der Waals surface area contributed by atoms with Gasteiger partial charge in [-0.25, -0.2) is 4.79 Å². The average Bonchev–Trinajstić information content (AvgIpc) is 3.45. The van der Waals surface area contributed by atoms with E-state index in [1.807, 2.05) is 21.1 Å². The number of nitrogens with zero attached hydrogens (tertiary/aromatic N) is 1. The topological polar surface area (TPSA) is 108 Å². The predicted molar refractivity (Wildman–Crippen MR) is 350 cm³/mol. The first-order chi connectivity index (χ1) is 40.1. The van der Waals surface area contributed by atoms with Crippen LogP contribution in [0.4, 0.5) is 0 Å². The highest BCUT2D eigenvalue weighted by atomic mass is 16.7. The first-order valence-corrected chi connectivity index (χ1v) is 34.3. The number of allylic oxidation sites excluding steroid dienone is 14. The van der Waals surface area contributed by atoms with Crippen LogP contribution in [0.2, 0.25) is 0 Å². The summed E-state index contributed by atoms with van der Waals surface area (Å²) in [5.41, 5.74) is 0. The smallest absolute Gasteiger partial charge is 0.361 e. The van der Waals surface area contributed by atoms with Crippen LogP contribution < -0.4 is 0 Å². The number of esters is 2. The van der Waals surface area contributed by atoms with Crippen LogP contribution in [0.25, 0.3) is 0 Å². The van der Waals surface area contributed by atoms with E-state index in [-0.39, 0.29) is 38.6 Å². The van der Waals surface area contributed by atoms with E-state index in [4.69, 9.17) is 18.9 Å². The van der Waals surface area contributed by atoms with Gasteiger partial charge in [0.05, 0.1) is 34.4 Å². The highest BCUT2D eigenvalue weighted by Gasteiger charge is 2.25. The van der Waals surface area contributed by atoms with Crippen molar-refractivity contribution in [3.05, 3.63) is 85.1 Å². The van der Waals surface area contributed by atoms with Crippen LogP contribution in [0, 0.1) is 0 Å². The Labute approximate surface area is 506 Å². The van der Waals surface area contributed by atoms with Gasteiger partial charge in [-0.3, -0.25) is 9.59 Å². The number of carbonyl (C=O) groups excluding carboxylic acids is 2. The molecule has 2 unspecified atom stereocenters. The van der Waals surface area contributed by atoms with Crippen molar-refractivity contribution in [1.29, 1.82) is 0 Å². The van der Waals surface area contributed by atoms with Crippen molar-refractivity contribution in [2.24, 2.45) is 0 Å². The summed E-state index contributed by atoms with van der Waals surface area (Å²) in [5.74, 6) is -2.08. The molecule has 0 aliphatic rings. The van der Waals surface area contributed by atoms with Crippen molar-refractivity contribution in [2.45, 2.75) is 315 Å². The Hall–Kier alpha value is -3.53. The minimum atomic E-state index is -1.53. The minimum absolute atomic E-state index is 0.174. The summed E-state index contributed by atoms with van der Waals surface area (Å²) in [4.78, 5) is 37.5. The number of ether oxygens (including phenoxy) is 4. The molecule has 0 aliphatic heterocycles. The summed E-state index contributed by atoms with van der Waals surface area (Å²) in [6, 6.07) is 0. The van der Waals surface area contributed by atoms with E-state index in [0.717, 1.165) is 70.6 Å². The molecule has 0 bridgehead atoms. The summed E-state index contributed by atoms with van der Waals surface area (Å²) in [7, 11) is 5.95. The van der Waals surface area contributed by atoms with Gasteiger partial charge in [-0.05, 0) is 64.2 Å². The molecule has 0 fully saturated rings. The SMILES string of the molecule is CC/C=C\C/C=C\C/C=C\C/C=C\C/C=C\C/C=C\C/C=C\CCCC(=O)OC(COC(=O)CCCCCCCCCCCCCCCCCCCCCCCCCCCCCCCCCCCC)COC(OCC[N+](C)(C)C)C(=O)O. The van der Waals surface area contributed by atoms with Crippen LogP contribution in [-0.2, 0) is 33.3 Å². The number of unbranched alkanes of at least 4 members (excludes halogenated alkanes) is 34. The molecule has 9 nitrogen and oxygen atoms in total. The molecule has 0 aromatic carbocycles. The zero-order chi connectivity index (χ0) is 59.8. The molecule has 1 N–H and O–H groups in total. The molecule has 0 spiro atoms. The molecule has 0 aliphatic carbocycles. The maximum atomic E-state index is 12.9. The first kappa shape index (κ1) is 78.5. The van der Waals surface area contributed by atoms with Crippen LogP contribution in [0.1, 0.15) is 303 Å². The zero-order valence-electron chi connectivity index (χ0n) is 54.1. The second kappa shape index (κ2) is 63.5. The predicted octanol–water partition coefficient (Wildman–Crippen LogP) is 21.1. The number of likely N-dealkylation sites (N-methyl/N-ethyl adjacent to an activating group) is 1. The van der Waals surface area contributed by atoms with Gasteiger partial charge in [0, 0.05) is 12.8 Å². The lowest BCUT2D eigenvalue weighted by molar-refractivity contribution is -0.870. The van der Waals surface area contributed by atoms with Crippen molar-refractivity contribution in [3.8, 4) is 0 Å². The molecule has 2 atom stereocenters. The Morgan fingerprint density at radius 1 is 0.378 bits per heavy atom. The standard InChI is InChI=1S/C73H129NO8/c1-6-8-10-12-14-16-18-20-22-24-26-28-30-31-32-33-34-35-36-37-38-39-40-42-43-45-47-49-51-53-55-57-59-61-63-70(75)80-67-69(68-81-73(72(77)78)79-66-65-74(3,4)5)82-71(76)64-62-60-58-56-54-52-50-48-46-44-41-29-27-25-23-21-19-17-15-13-11-9-7-2/h9,11,15,17,21,23,27,29,44,46,50,52,56,58,69,73H,6-8,10,12-14,16,18-20,22,24-26,28,30-43,45,47-49,51,53-55,57,59-68H2,1-5H3/p+1/b11-9-,17-15-,23-21-,29-27-,46-44-,52-50-,58-56-. The number of aliphatic carboxylic acids is 1. The van der Waals surface area contributed by atoms with Gasteiger partial charge in [-0.15, -0.1) is 0 Å². The van der Waals surface area contributed by atoms with Crippen molar-refractivity contribution in [1.82, 2.24) is 0 Å². The lowest BCUT2D eigenvalue weighted by Crippen LogP contribution is -2.40. The fraction of sp³-hybridized carbons (Fsp3) is 0.767. The number of rotatable bonds is 63. The van der Waals surface area contributed by atoms with Crippen molar-refractivity contribution < 1.29 is 42.9 Å². The summed E-state index contributed by atoms with van der Waals surface area (Å²) in [6.07, 6.45) is 82.9. The number of quaternary nitrogens is 1. The number of carbonyl (C=O) groups is 3. The van der Waals surface area contributed by atoms with Crippen molar-refractivity contribution >= 4 is 17.9 Å². The van der Waals surface area contributed by atoms with Crippen LogP contribution in [0.3, 0.4) is 0 Å². The number of hydrogen-bond acceptors (Lipinski definition) is 7. The van der Waals surface area contributed by atoms with Crippen LogP contribution in [0.5, 0.6) is 0 Å². The molecular weight excluding hydrogens is 1020 g/mol. The molecule has 0 aromatic rings. The van der Waals surface area contributed by atoms with Crippen molar-refractivity contribution in [3.63, 3.8) is 0 Å². The molecule has 82 heavy (non-hydrogen) atoms. The minimum Gasteiger partial charge on any atom is -0.477 e. The van der Waals surface area contributed by atoms with Gasteiger partial charge in [0.25, 0.3) is 6.29 Å². The maximum absolute atomic E-state index is 12.9. The molecular formula is C73H130NO8+. The average molecular weight is 1150 g/mol. The highest BCUT2D eigenvalue weighted by molar-refractivity contribution is 5.71. The fourth-order valence-corrected chi connectivity index (χ4v) is 9.71. The van der Waals surface area contributed by atoms with E-state index in [2.05, 4.69) is 98.9 Å². The molecule has 9 heteroatoms. The van der Waals surface area contributed by atoms with Crippen LogP contribution in [-0.4, -0.2) is 87.4 Å². The fourth-order valence-electron chi connectivity index (χ4n) is 9.71. The molecule has 0 saturated heterocycles. The van der Waals surface area contributed by atoms with Crippen LogP contribution >= 0.6 is 0 Å². The highest BCUT2D eigenvalue weighted by Crippen LogP contribution is 2.18. The number of carboxylic acid groups (broad SMARTS) is 1. The van der Waals surface area contributed by atoms with Crippen LogP contribution in [0.15, 0.2) is 85.1 Å². The van der Waals surface area contributed by atoms with E-state index in [1.54, 1.807) is 0 Å². The van der Waals surface area contributed by atoms with Crippen molar-refractivity contribution in [2.75, 3.05) is 47.5 Å². The Morgan fingerprint density at radius 2 is 0.695 bits per heavy atom. The third kappa shape index (κ3) is 64.0.